The van der Waals surface area contributed by atoms with Gasteiger partial charge < -0.3 is 24.8 Å². The van der Waals surface area contributed by atoms with E-state index in [1.54, 1.807) is 18.2 Å². The summed E-state index contributed by atoms with van der Waals surface area (Å²) in [6.07, 6.45) is -1.13. The third-order valence-corrected chi connectivity index (χ3v) is 4.16. The van der Waals surface area contributed by atoms with E-state index in [-0.39, 0.29) is 16.9 Å². The number of nitrogens with zero attached hydrogens (tertiary/aromatic N) is 1. The van der Waals surface area contributed by atoms with Gasteiger partial charge in [0.05, 0.1) is 10.5 Å². The molecule has 1 aliphatic rings. The van der Waals surface area contributed by atoms with Crippen molar-refractivity contribution in [2.24, 2.45) is 0 Å². The number of nitro benzene ring substituents is 1. The van der Waals surface area contributed by atoms with Gasteiger partial charge in [0, 0.05) is 24.9 Å². The molecule has 0 aromatic heterocycles. The molecule has 0 saturated heterocycles. The molecule has 2 N–H and O–H groups in total. The van der Waals surface area contributed by atoms with Gasteiger partial charge in [-0.15, -0.1) is 0 Å². The Morgan fingerprint density at radius 2 is 1.86 bits per heavy atom. The van der Waals surface area contributed by atoms with Gasteiger partial charge in [-0.2, -0.15) is 0 Å². The highest BCUT2D eigenvalue weighted by molar-refractivity contribution is 5.98. The number of carbonyl (C=O) groups excluding carboxylic acids is 2. The molecule has 152 valence electrons. The van der Waals surface area contributed by atoms with Crippen molar-refractivity contribution in [1.29, 1.82) is 0 Å². The van der Waals surface area contributed by atoms with E-state index >= 15 is 0 Å². The highest BCUT2D eigenvalue weighted by atomic mass is 16.6. The van der Waals surface area contributed by atoms with E-state index in [1.807, 2.05) is 0 Å². The van der Waals surface area contributed by atoms with Crippen LogP contribution in [0.25, 0.3) is 0 Å². The first-order chi connectivity index (χ1) is 13.9. The summed E-state index contributed by atoms with van der Waals surface area (Å²) in [5.41, 5.74) is 0.414. The maximum absolute atomic E-state index is 12.3. The number of hydrogen-bond acceptors (Lipinski definition) is 8. The van der Waals surface area contributed by atoms with Crippen LogP contribution in [0.1, 0.15) is 17.3 Å². The molecule has 3 rings (SSSR count). The molecule has 10 heteroatoms. The number of benzene rings is 2. The number of anilines is 2. The summed E-state index contributed by atoms with van der Waals surface area (Å²) in [6, 6.07) is 8.80. The number of fused-ring (bicyclic) bond motifs is 1. The van der Waals surface area contributed by atoms with Crippen molar-refractivity contribution in [3.63, 3.8) is 0 Å². The molecule has 0 spiro atoms. The maximum Gasteiger partial charge on any atom is 0.339 e. The fraction of sp³-hybridized carbons (Fsp3) is 0.263. The Bertz CT molecular complexity index is 961. The number of esters is 1. The quantitative estimate of drug-likeness (QED) is 0.429. The molecule has 0 bridgehead atoms. The number of carbonyl (C=O) groups is 2. The molecular formula is C19H19N3O7. The van der Waals surface area contributed by atoms with Crippen molar-refractivity contribution >= 4 is 28.9 Å². The topological polar surface area (TPSA) is 129 Å². The monoisotopic (exact) mass is 401 g/mol. The smallest absolute Gasteiger partial charge is 0.339 e. The summed E-state index contributed by atoms with van der Waals surface area (Å²) in [5.74, 6) is -0.312. The lowest BCUT2D eigenvalue weighted by Crippen LogP contribution is -2.30. The molecule has 2 aromatic rings. The Labute approximate surface area is 165 Å². The minimum Gasteiger partial charge on any atom is -0.486 e. The second kappa shape index (κ2) is 8.46. The van der Waals surface area contributed by atoms with Gasteiger partial charge in [0.1, 0.15) is 18.9 Å². The molecule has 2 aromatic carbocycles. The van der Waals surface area contributed by atoms with E-state index in [1.165, 1.54) is 26.1 Å². The van der Waals surface area contributed by atoms with Crippen LogP contribution in [0, 0.1) is 10.1 Å². The van der Waals surface area contributed by atoms with Gasteiger partial charge in [0.2, 0.25) is 0 Å². The van der Waals surface area contributed by atoms with Crippen molar-refractivity contribution in [2.45, 2.75) is 13.0 Å². The van der Waals surface area contributed by atoms with Crippen LogP contribution in [0.2, 0.25) is 0 Å². The average Bonchev–Trinajstić information content (AvgIpc) is 2.72. The van der Waals surface area contributed by atoms with Crippen LogP contribution in [0.15, 0.2) is 36.4 Å². The van der Waals surface area contributed by atoms with Crippen LogP contribution in [-0.4, -0.2) is 43.2 Å². The van der Waals surface area contributed by atoms with E-state index in [0.717, 1.165) is 6.07 Å². The third-order valence-electron chi connectivity index (χ3n) is 4.16. The second-order valence-electron chi connectivity index (χ2n) is 6.13. The first-order valence-corrected chi connectivity index (χ1v) is 8.76. The molecule has 0 unspecified atom stereocenters. The predicted octanol–water partition coefficient (Wildman–Crippen LogP) is 2.59. The Kier molecular flexibility index (Phi) is 5.82. The minimum atomic E-state index is -1.13. The molecule has 10 nitrogen and oxygen atoms in total. The molecule has 0 saturated carbocycles. The van der Waals surface area contributed by atoms with E-state index in [2.05, 4.69) is 10.6 Å². The van der Waals surface area contributed by atoms with E-state index in [0.29, 0.717) is 30.4 Å². The largest absolute Gasteiger partial charge is 0.486 e. The SMILES string of the molecule is CNc1ccc(C(=O)O[C@@H](C)C(=O)Nc2ccc3c(c2)OCCO3)cc1[N+](=O)[O-]. The number of nitrogens with one attached hydrogen (secondary N) is 2. The standard InChI is InChI=1S/C19H19N3O7/c1-11(18(23)21-13-4-6-16-17(10-13)28-8-7-27-16)29-19(24)12-3-5-14(20-2)15(9-12)22(25)26/h3-6,9-11,20H,7-8H2,1-2H3,(H,21,23)/t11-/m0/s1. The maximum atomic E-state index is 12.3. The van der Waals surface area contributed by atoms with Crippen LogP contribution < -0.4 is 20.1 Å². The van der Waals surface area contributed by atoms with Gasteiger partial charge in [-0.1, -0.05) is 0 Å². The Hall–Kier alpha value is -3.82. The molecule has 0 fully saturated rings. The highest BCUT2D eigenvalue weighted by Gasteiger charge is 2.23. The van der Waals surface area contributed by atoms with Crippen molar-refractivity contribution in [3.05, 3.63) is 52.1 Å². The third kappa shape index (κ3) is 4.54. The normalized spacial score (nSPS) is 13.2. The fourth-order valence-electron chi connectivity index (χ4n) is 2.67. The summed E-state index contributed by atoms with van der Waals surface area (Å²) in [7, 11) is 1.53. The van der Waals surface area contributed by atoms with Gasteiger partial charge in [-0.3, -0.25) is 14.9 Å². The van der Waals surface area contributed by atoms with Gasteiger partial charge in [0.25, 0.3) is 11.6 Å². The second-order valence-corrected chi connectivity index (χ2v) is 6.13. The summed E-state index contributed by atoms with van der Waals surface area (Å²) in [6.45, 7) is 2.28. The van der Waals surface area contributed by atoms with Crippen molar-refractivity contribution in [2.75, 3.05) is 30.9 Å². The minimum absolute atomic E-state index is 0.0327. The molecule has 0 aliphatic carbocycles. The lowest BCUT2D eigenvalue weighted by molar-refractivity contribution is -0.384. The summed E-state index contributed by atoms with van der Waals surface area (Å²) in [5, 5.41) is 16.4. The predicted molar refractivity (Wildman–Crippen MR) is 104 cm³/mol. The number of ether oxygens (including phenoxy) is 3. The average molecular weight is 401 g/mol. The zero-order valence-corrected chi connectivity index (χ0v) is 15.8. The summed E-state index contributed by atoms with van der Waals surface area (Å²) in [4.78, 5) is 35.2. The van der Waals surface area contributed by atoms with Crippen molar-refractivity contribution in [3.8, 4) is 11.5 Å². The number of nitro groups is 1. The zero-order chi connectivity index (χ0) is 21.0. The van der Waals surface area contributed by atoms with Gasteiger partial charge in [-0.05, 0) is 31.2 Å². The van der Waals surface area contributed by atoms with Crippen LogP contribution >= 0.6 is 0 Å². The lowest BCUT2D eigenvalue weighted by atomic mass is 10.1. The van der Waals surface area contributed by atoms with E-state index in [4.69, 9.17) is 14.2 Å². The van der Waals surface area contributed by atoms with Crippen molar-refractivity contribution < 1.29 is 28.7 Å². The lowest BCUT2D eigenvalue weighted by Gasteiger charge is -2.19. The van der Waals surface area contributed by atoms with E-state index in [9.17, 15) is 19.7 Å². The molecule has 1 aliphatic heterocycles. The zero-order valence-electron chi connectivity index (χ0n) is 15.8. The highest BCUT2D eigenvalue weighted by Crippen LogP contribution is 2.32. The fourth-order valence-corrected chi connectivity index (χ4v) is 2.67. The summed E-state index contributed by atoms with van der Waals surface area (Å²) >= 11 is 0. The van der Waals surface area contributed by atoms with Crippen LogP contribution in [0.3, 0.4) is 0 Å². The molecule has 29 heavy (non-hydrogen) atoms. The molecule has 1 atom stereocenters. The molecule has 1 amide bonds. The Balaban J connectivity index is 1.65. The van der Waals surface area contributed by atoms with Gasteiger partial charge in [0.15, 0.2) is 17.6 Å². The summed E-state index contributed by atoms with van der Waals surface area (Å²) < 4.78 is 16.0. The first-order valence-electron chi connectivity index (χ1n) is 8.76. The Morgan fingerprint density at radius 3 is 2.55 bits per heavy atom. The molecular weight excluding hydrogens is 382 g/mol. The van der Waals surface area contributed by atoms with Gasteiger partial charge in [-0.25, -0.2) is 4.79 Å². The Morgan fingerprint density at radius 1 is 1.14 bits per heavy atom. The first kappa shape index (κ1) is 19.9. The van der Waals surface area contributed by atoms with Crippen LogP contribution in [0.4, 0.5) is 17.1 Å². The number of rotatable bonds is 6. The van der Waals surface area contributed by atoms with Crippen LogP contribution in [-0.2, 0) is 9.53 Å². The number of amides is 1. The van der Waals surface area contributed by atoms with Crippen LogP contribution in [0.5, 0.6) is 11.5 Å². The van der Waals surface area contributed by atoms with E-state index < -0.39 is 22.9 Å². The molecule has 1 heterocycles. The van der Waals surface area contributed by atoms with Crippen molar-refractivity contribution in [1.82, 2.24) is 0 Å². The molecule has 0 radical (unpaired) electrons. The number of hydrogen-bond donors (Lipinski definition) is 2. The van der Waals surface area contributed by atoms with Gasteiger partial charge >= 0.3 is 5.97 Å².